The number of hydrogen-bond donors (Lipinski definition) is 1. The monoisotopic (exact) mass is 497 g/mol. The fourth-order valence-corrected chi connectivity index (χ4v) is 4.06. The molecule has 0 radical (unpaired) electrons. The van der Waals surface area contributed by atoms with Crippen molar-refractivity contribution in [2.75, 3.05) is 12.1 Å². The molecule has 11 nitrogen and oxygen atoms in total. The lowest BCUT2D eigenvalue weighted by Gasteiger charge is -2.15. The number of rotatable bonds is 6. The second-order valence-corrected chi connectivity index (χ2v) is 8.40. The number of hydrogen-bond acceptors (Lipinski definition) is 8. The maximum Gasteiger partial charge on any atom is 0.331 e. The van der Waals surface area contributed by atoms with E-state index in [-0.39, 0.29) is 37.2 Å². The molecule has 12 heteroatoms. The average molecular weight is 498 g/mol. The third kappa shape index (κ3) is 4.26. The summed E-state index contributed by atoms with van der Waals surface area (Å²) in [5.41, 5.74) is 0.296. The molecule has 2 aromatic heterocycles. The number of fused-ring (bicyclic) bond motifs is 2. The summed E-state index contributed by atoms with van der Waals surface area (Å²) in [6, 6.07) is 8.19. The number of carbonyl (C=O) groups excluding carboxylic acids is 1. The van der Waals surface area contributed by atoms with Crippen LogP contribution in [0.15, 0.2) is 44.4 Å². The first kappa shape index (κ1) is 22.7. The summed E-state index contributed by atoms with van der Waals surface area (Å²) < 4.78 is 18.2. The highest BCUT2D eigenvalue weighted by Gasteiger charge is 2.22. The Morgan fingerprint density at radius 1 is 1.14 bits per heavy atom. The van der Waals surface area contributed by atoms with Gasteiger partial charge in [0.1, 0.15) is 6.54 Å². The fraction of sp³-hybridized carbons (Fsp3) is 0.261. The van der Waals surface area contributed by atoms with Crippen molar-refractivity contribution in [2.24, 2.45) is 0 Å². The molecule has 35 heavy (non-hydrogen) atoms. The lowest BCUT2D eigenvalue weighted by molar-refractivity contribution is -0.116. The summed E-state index contributed by atoms with van der Waals surface area (Å²) in [5.74, 6) is 1.05. The van der Waals surface area contributed by atoms with Crippen LogP contribution in [0, 0.1) is 13.8 Å². The van der Waals surface area contributed by atoms with E-state index in [2.05, 4.69) is 15.5 Å². The molecule has 1 aliphatic rings. The Balaban J connectivity index is 1.56. The van der Waals surface area contributed by atoms with E-state index in [1.165, 1.54) is 16.7 Å². The summed E-state index contributed by atoms with van der Waals surface area (Å²) in [7, 11) is 0. The van der Waals surface area contributed by atoms with Crippen molar-refractivity contribution in [3.05, 3.63) is 73.5 Å². The van der Waals surface area contributed by atoms with Crippen molar-refractivity contribution in [3.63, 3.8) is 0 Å². The van der Waals surface area contributed by atoms with E-state index in [1.807, 2.05) is 0 Å². The maximum absolute atomic E-state index is 13.4. The topological polar surface area (TPSA) is 130 Å². The standard InChI is InChI=1S/C23H20ClN5O6/c1-12-15(24)4-3-5-16(12)26-20(30)10-29-17-9-19-18(33-11-34-19)8-14(17)22(31)28(23(29)32)7-6-21-25-13(2)27-35-21/h3-5,8-9H,6-7,10-11H2,1-2H3,(H,26,30). The summed E-state index contributed by atoms with van der Waals surface area (Å²) in [5, 5.41) is 7.22. The van der Waals surface area contributed by atoms with Crippen LogP contribution < -0.4 is 26.0 Å². The van der Waals surface area contributed by atoms with Crippen LogP contribution in [-0.2, 0) is 24.3 Å². The van der Waals surface area contributed by atoms with Gasteiger partial charge in [-0.05, 0) is 37.6 Å². The largest absolute Gasteiger partial charge is 0.454 e. The lowest BCUT2D eigenvalue weighted by Crippen LogP contribution is -2.42. The van der Waals surface area contributed by atoms with E-state index in [0.29, 0.717) is 39.5 Å². The second-order valence-electron chi connectivity index (χ2n) is 7.99. The highest BCUT2D eigenvalue weighted by Crippen LogP contribution is 2.34. The number of amides is 1. The first-order chi connectivity index (χ1) is 16.8. The molecule has 0 aliphatic carbocycles. The minimum Gasteiger partial charge on any atom is -0.454 e. The van der Waals surface area contributed by atoms with Crippen LogP contribution in [-0.4, -0.2) is 32.0 Å². The Kier molecular flexibility index (Phi) is 5.77. The van der Waals surface area contributed by atoms with Gasteiger partial charge in [-0.3, -0.25) is 18.7 Å². The summed E-state index contributed by atoms with van der Waals surface area (Å²) in [6.07, 6.45) is 0.167. The van der Waals surface area contributed by atoms with Gasteiger partial charge in [0.05, 0.1) is 10.9 Å². The summed E-state index contributed by atoms with van der Waals surface area (Å²) in [4.78, 5) is 43.8. The van der Waals surface area contributed by atoms with Crippen molar-refractivity contribution in [1.82, 2.24) is 19.3 Å². The van der Waals surface area contributed by atoms with Crippen LogP contribution in [0.5, 0.6) is 11.5 Å². The van der Waals surface area contributed by atoms with E-state index in [4.69, 9.17) is 25.6 Å². The number of benzene rings is 2. The number of aromatic nitrogens is 4. The third-order valence-corrected chi connectivity index (χ3v) is 6.09. The van der Waals surface area contributed by atoms with Crippen LogP contribution in [0.1, 0.15) is 17.3 Å². The highest BCUT2D eigenvalue weighted by atomic mass is 35.5. The number of anilines is 1. The molecule has 0 unspecified atom stereocenters. The predicted octanol–water partition coefficient (Wildman–Crippen LogP) is 2.43. The fourth-order valence-electron chi connectivity index (χ4n) is 3.88. The zero-order valence-electron chi connectivity index (χ0n) is 18.8. The van der Waals surface area contributed by atoms with Crippen molar-refractivity contribution < 1.29 is 18.8 Å². The van der Waals surface area contributed by atoms with Crippen LogP contribution >= 0.6 is 11.6 Å². The van der Waals surface area contributed by atoms with E-state index in [0.717, 1.165) is 4.57 Å². The number of nitrogens with zero attached hydrogens (tertiary/aromatic N) is 4. The van der Waals surface area contributed by atoms with Gasteiger partial charge in [-0.25, -0.2) is 4.79 Å². The van der Waals surface area contributed by atoms with E-state index < -0.39 is 17.2 Å². The first-order valence-corrected chi connectivity index (χ1v) is 11.1. The number of ether oxygens (including phenoxy) is 2. The molecule has 5 rings (SSSR count). The van der Waals surface area contributed by atoms with Gasteiger partial charge in [0.25, 0.3) is 5.56 Å². The van der Waals surface area contributed by atoms with Crippen LogP contribution in [0.2, 0.25) is 5.02 Å². The molecule has 0 spiro atoms. The molecule has 180 valence electrons. The Morgan fingerprint density at radius 3 is 2.66 bits per heavy atom. The van der Waals surface area contributed by atoms with Crippen LogP contribution in [0.25, 0.3) is 10.9 Å². The number of carbonyl (C=O) groups is 1. The Bertz CT molecular complexity index is 1590. The number of halogens is 1. The number of nitrogens with one attached hydrogen (secondary N) is 1. The minimum absolute atomic E-state index is 0.00484. The highest BCUT2D eigenvalue weighted by molar-refractivity contribution is 6.31. The molecule has 1 N–H and O–H groups in total. The Labute approximate surface area is 202 Å². The molecule has 3 heterocycles. The van der Waals surface area contributed by atoms with Gasteiger partial charge in [-0.2, -0.15) is 4.98 Å². The molecule has 0 saturated heterocycles. The maximum atomic E-state index is 13.4. The van der Waals surface area contributed by atoms with Crippen LogP contribution in [0.4, 0.5) is 5.69 Å². The third-order valence-electron chi connectivity index (χ3n) is 5.68. The van der Waals surface area contributed by atoms with Gasteiger partial charge in [0.15, 0.2) is 17.3 Å². The quantitative estimate of drug-likeness (QED) is 0.430. The molecule has 4 aromatic rings. The number of aryl methyl sites for hydroxylation is 2. The molecular weight excluding hydrogens is 478 g/mol. The van der Waals surface area contributed by atoms with Gasteiger partial charge < -0.3 is 19.3 Å². The predicted molar refractivity (Wildman–Crippen MR) is 126 cm³/mol. The van der Waals surface area contributed by atoms with Gasteiger partial charge in [0.2, 0.25) is 18.6 Å². The molecular formula is C23H20ClN5O6. The molecule has 2 aromatic carbocycles. The van der Waals surface area contributed by atoms with Crippen molar-refractivity contribution in [3.8, 4) is 11.5 Å². The SMILES string of the molecule is Cc1noc(CCn2c(=O)c3cc4c(cc3n(CC(=O)Nc3cccc(Cl)c3C)c2=O)OCO4)n1. The van der Waals surface area contributed by atoms with Crippen molar-refractivity contribution >= 4 is 34.1 Å². The Hall–Kier alpha value is -4.12. The van der Waals surface area contributed by atoms with Gasteiger partial charge >= 0.3 is 5.69 Å². The van der Waals surface area contributed by atoms with Gasteiger partial charge in [-0.1, -0.05) is 22.8 Å². The normalized spacial score (nSPS) is 12.3. The van der Waals surface area contributed by atoms with E-state index in [9.17, 15) is 14.4 Å². The minimum atomic E-state index is -0.657. The second kappa shape index (κ2) is 8.91. The van der Waals surface area contributed by atoms with Crippen LogP contribution in [0.3, 0.4) is 0 Å². The van der Waals surface area contributed by atoms with Crippen molar-refractivity contribution in [1.29, 1.82) is 0 Å². The molecule has 1 aliphatic heterocycles. The van der Waals surface area contributed by atoms with E-state index >= 15 is 0 Å². The summed E-state index contributed by atoms with van der Waals surface area (Å²) in [6.45, 7) is 3.08. The molecule has 0 saturated carbocycles. The van der Waals surface area contributed by atoms with E-state index in [1.54, 1.807) is 32.0 Å². The molecule has 0 fully saturated rings. The summed E-state index contributed by atoms with van der Waals surface area (Å²) >= 11 is 6.15. The average Bonchev–Trinajstić information content (AvgIpc) is 3.47. The van der Waals surface area contributed by atoms with Gasteiger partial charge in [0, 0.05) is 29.7 Å². The Morgan fingerprint density at radius 2 is 1.91 bits per heavy atom. The molecule has 0 atom stereocenters. The molecule has 1 amide bonds. The molecule has 0 bridgehead atoms. The zero-order valence-corrected chi connectivity index (χ0v) is 19.6. The first-order valence-electron chi connectivity index (χ1n) is 10.7. The smallest absolute Gasteiger partial charge is 0.331 e. The van der Waals surface area contributed by atoms with Crippen molar-refractivity contribution in [2.45, 2.75) is 33.4 Å². The van der Waals surface area contributed by atoms with Gasteiger partial charge in [-0.15, -0.1) is 0 Å². The lowest BCUT2D eigenvalue weighted by atomic mass is 10.2. The zero-order chi connectivity index (χ0) is 24.7.